The summed E-state index contributed by atoms with van der Waals surface area (Å²) < 4.78 is 0. The zero-order valence-corrected chi connectivity index (χ0v) is 11.1. The second kappa shape index (κ2) is 4.77. The largest absolute Gasteiger partial charge is 0.385 e. The molecule has 0 amide bonds. The van der Waals surface area contributed by atoms with Crippen LogP contribution in [-0.2, 0) is 5.60 Å². The number of pyridine rings is 1. The van der Waals surface area contributed by atoms with Gasteiger partial charge in [-0.1, -0.05) is 13.8 Å². The van der Waals surface area contributed by atoms with Gasteiger partial charge in [-0.25, -0.2) is 0 Å². The summed E-state index contributed by atoms with van der Waals surface area (Å²) in [6, 6.07) is 1.99. The molecule has 0 saturated heterocycles. The Morgan fingerprint density at radius 2 is 2.00 bits per heavy atom. The van der Waals surface area contributed by atoms with Crippen molar-refractivity contribution in [1.29, 1.82) is 0 Å². The Hall–Kier alpha value is -0.890. The average molecular weight is 233 g/mol. The summed E-state index contributed by atoms with van der Waals surface area (Å²) in [6.45, 7) is 6.62. The van der Waals surface area contributed by atoms with Gasteiger partial charge in [0.25, 0.3) is 0 Å². The van der Waals surface area contributed by atoms with Gasteiger partial charge in [0.2, 0.25) is 0 Å². The van der Waals surface area contributed by atoms with E-state index in [0.29, 0.717) is 0 Å². The molecule has 0 bridgehead atoms. The van der Waals surface area contributed by atoms with Gasteiger partial charge in [-0.05, 0) is 56.1 Å². The van der Waals surface area contributed by atoms with Crippen molar-refractivity contribution in [3.63, 3.8) is 0 Å². The molecule has 0 aromatic carbocycles. The minimum Gasteiger partial charge on any atom is -0.385 e. The van der Waals surface area contributed by atoms with E-state index in [2.05, 4.69) is 25.8 Å². The van der Waals surface area contributed by atoms with Crippen LogP contribution in [0.25, 0.3) is 0 Å². The van der Waals surface area contributed by atoms with Gasteiger partial charge in [-0.3, -0.25) is 4.98 Å². The maximum Gasteiger partial charge on any atom is 0.0914 e. The maximum atomic E-state index is 10.8. The lowest BCUT2D eigenvalue weighted by atomic mass is 9.71. The van der Waals surface area contributed by atoms with Crippen molar-refractivity contribution in [3.05, 3.63) is 29.6 Å². The Morgan fingerprint density at radius 3 is 2.53 bits per heavy atom. The van der Waals surface area contributed by atoms with Crippen LogP contribution >= 0.6 is 0 Å². The lowest BCUT2D eigenvalue weighted by Crippen LogP contribution is -2.33. The molecule has 1 aliphatic carbocycles. The monoisotopic (exact) mass is 233 g/mol. The Bertz CT molecular complexity index is 378. The first kappa shape index (κ1) is 12.6. The fourth-order valence-electron chi connectivity index (χ4n) is 3.00. The van der Waals surface area contributed by atoms with E-state index in [-0.39, 0.29) is 0 Å². The molecule has 1 N–H and O–H groups in total. The highest BCUT2D eigenvalue weighted by atomic mass is 16.3. The smallest absolute Gasteiger partial charge is 0.0914 e. The summed E-state index contributed by atoms with van der Waals surface area (Å²) >= 11 is 0. The van der Waals surface area contributed by atoms with Crippen LogP contribution in [0.15, 0.2) is 18.5 Å². The highest BCUT2D eigenvalue weighted by Gasteiger charge is 2.36. The van der Waals surface area contributed by atoms with Crippen LogP contribution in [0.5, 0.6) is 0 Å². The second-order valence-electron chi connectivity index (χ2n) is 5.80. The molecule has 1 heterocycles. The zero-order chi connectivity index (χ0) is 12.5. The Morgan fingerprint density at radius 1 is 1.35 bits per heavy atom. The highest BCUT2D eigenvalue weighted by Crippen LogP contribution is 2.42. The topological polar surface area (TPSA) is 33.1 Å². The number of hydrogen-bond acceptors (Lipinski definition) is 2. The van der Waals surface area contributed by atoms with Gasteiger partial charge in [-0.15, -0.1) is 0 Å². The molecule has 1 aliphatic rings. The van der Waals surface area contributed by atoms with Crippen LogP contribution in [0.1, 0.15) is 50.7 Å². The van der Waals surface area contributed by atoms with Crippen molar-refractivity contribution >= 4 is 0 Å². The van der Waals surface area contributed by atoms with Crippen molar-refractivity contribution in [2.45, 2.75) is 52.1 Å². The van der Waals surface area contributed by atoms with Gasteiger partial charge in [0.1, 0.15) is 0 Å². The molecule has 17 heavy (non-hydrogen) atoms. The van der Waals surface area contributed by atoms with Gasteiger partial charge in [0.05, 0.1) is 5.60 Å². The molecule has 0 atom stereocenters. The van der Waals surface area contributed by atoms with Crippen LogP contribution < -0.4 is 0 Å². The molecule has 0 aliphatic heterocycles. The molecular weight excluding hydrogens is 210 g/mol. The SMILES string of the molecule is Cc1ccncc1C1(O)CCC(C(C)C)CC1. The molecule has 0 unspecified atom stereocenters. The number of aryl methyl sites for hydroxylation is 1. The van der Waals surface area contributed by atoms with Gasteiger partial charge in [0.15, 0.2) is 0 Å². The number of aromatic nitrogens is 1. The van der Waals surface area contributed by atoms with Crippen molar-refractivity contribution in [2.75, 3.05) is 0 Å². The molecule has 2 heteroatoms. The molecule has 1 aromatic heterocycles. The fraction of sp³-hybridized carbons (Fsp3) is 0.667. The van der Waals surface area contributed by atoms with Crippen LogP contribution in [0.4, 0.5) is 0 Å². The van der Waals surface area contributed by atoms with Crippen LogP contribution in [-0.4, -0.2) is 10.1 Å². The Labute approximate surface area is 104 Å². The van der Waals surface area contributed by atoms with E-state index in [1.54, 1.807) is 6.20 Å². The molecule has 1 aromatic rings. The number of hydrogen-bond donors (Lipinski definition) is 1. The molecule has 0 spiro atoms. The van der Waals surface area contributed by atoms with Crippen molar-refractivity contribution in [3.8, 4) is 0 Å². The Balaban J connectivity index is 2.15. The Kier molecular flexibility index (Phi) is 3.53. The molecule has 0 radical (unpaired) electrons. The normalized spacial score (nSPS) is 29.6. The van der Waals surface area contributed by atoms with E-state index in [1.165, 1.54) is 0 Å². The van der Waals surface area contributed by atoms with Crippen LogP contribution in [0.3, 0.4) is 0 Å². The molecule has 2 nitrogen and oxygen atoms in total. The third-order valence-electron chi connectivity index (χ3n) is 4.34. The summed E-state index contributed by atoms with van der Waals surface area (Å²) in [5, 5.41) is 10.8. The number of nitrogens with zero attached hydrogens (tertiary/aromatic N) is 1. The van der Waals surface area contributed by atoms with Crippen molar-refractivity contribution < 1.29 is 5.11 Å². The van der Waals surface area contributed by atoms with E-state index < -0.39 is 5.60 Å². The first-order valence-corrected chi connectivity index (χ1v) is 6.66. The molecule has 2 rings (SSSR count). The van der Waals surface area contributed by atoms with Gasteiger partial charge in [0, 0.05) is 18.0 Å². The first-order valence-electron chi connectivity index (χ1n) is 6.66. The van der Waals surface area contributed by atoms with Crippen molar-refractivity contribution in [1.82, 2.24) is 4.98 Å². The summed E-state index contributed by atoms with van der Waals surface area (Å²) in [4.78, 5) is 4.16. The van der Waals surface area contributed by atoms with Crippen LogP contribution in [0, 0.1) is 18.8 Å². The average Bonchev–Trinajstić information content (AvgIpc) is 2.30. The standard InChI is InChI=1S/C15H23NO/c1-11(2)13-4-7-15(17,8-5-13)14-10-16-9-6-12(14)3/h6,9-11,13,17H,4-5,7-8H2,1-3H3. The third kappa shape index (κ3) is 2.52. The summed E-state index contributed by atoms with van der Waals surface area (Å²) in [7, 11) is 0. The van der Waals surface area contributed by atoms with Gasteiger partial charge >= 0.3 is 0 Å². The summed E-state index contributed by atoms with van der Waals surface area (Å²) in [5.74, 6) is 1.50. The molecular formula is C15H23NO. The minimum atomic E-state index is -0.635. The predicted octanol–water partition coefficient (Wildman–Crippen LogP) is 3.42. The first-order chi connectivity index (χ1) is 8.03. The number of aliphatic hydroxyl groups is 1. The molecule has 1 fully saturated rings. The van der Waals surface area contributed by atoms with Crippen molar-refractivity contribution in [2.24, 2.45) is 11.8 Å². The summed E-state index contributed by atoms with van der Waals surface area (Å²) in [6.07, 6.45) is 7.64. The van der Waals surface area contributed by atoms with E-state index in [1.807, 2.05) is 12.3 Å². The molecule has 1 saturated carbocycles. The van der Waals surface area contributed by atoms with E-state index in [0.717, 1.165) is 48.6 Å². The lowest BCUT2D eigenvalue weighted by Gasteiger charge is -2.38. The van der Waals surface area contributed by atoms with E-state index in [9.17, 15) is 5.11 Å². The van der Waals surface area contributed by atoms with Crippen LogP contribution in [0.2, 0.25) is 0 Å². The zero-order valence-electron chi connectivity index (χ0n) is 11.1. The quantitative estimate of drug-likeness (QED) is 0.849. The predicted molar refractivity (Wildman–Crippen MR) is 69.7 cm³/mol. The minimum absolute atomic E-state index is 0.635. The second-order valence-corrected chi connectivity index (χ2v) is 5.80. The molecule has 94 valence electrons. The van der Waals surface area contributed by atoms with Gasteiger partial charge < -0.3 is 5.11 Å². The highest BCUT2D eigenvalue weighted by molar-refractivity contribution is 5.28. The lowest BCUT2D eigenvalue weighted by molar-refractivity contribution is -0.0207. The fourth-order valence-corrected chi connectivity index (χ4v) is 3.00. The number of rotatable bonds is 2. The maximum absolute atomic E-state index is 10.8. The van der Waals surface area contributed by atoms with E-state index >= 15 is 0 Å². The third-order valence-corrected chi connectivity index (χ3v) is 4.34. The van der Waals surface area contributed by atoms with Gasteiger partial charge in [-0.2, -0.15) is 0 Å². The summed E-state index contributed by atoms with van der Waals surface area (Å²) in [5.41, 5.74) is 1.55. The van der Waals surface area contributed by atoms with E-state index in [4.69, 9.17) is 0 Å².